The van der Waals surface area contributed by atoms with E-state index in [4.69, 9.17) is 0 Å². The van der Waals surface area contributed by atoms with E-state index < -0.39 is 17.9 Å². The number of hydrogen-bond acceptors (Lipinski definition) is 2. The Morgan fingerprint density at radius 2 is 1.75 bits per heavy atom. The van der Waals surface area contributed by atoms with E-state index in [0.717, 1.165) is 0 Å². The number of hydrogen-bond donors (Lipinski definition) is 0. The van der Waals surface area contributed by atoms with Crippen molar-refractivity contribution in [2.24, 2.45) is 0 Å². The molecule has 112 valence electrons. The van der Waals surface area contributed by atoms with Crippen LogP contribution in [0.2, 0.25) is 18.6 Å². The van der Waals surface area contributed by atoms with Crippen LogP contribution in [0.3, 0.4) is 0 Å². The Morgan fingerprint density at radius 1 is 1.20 bits per heavy atom. The van der Waals surface area contributed by atoms with Crippen molar-refractivity contribution >= 4 is 40.5 Å². The molecule has 0 saturated heterocycles. The fourth-order valence-electron chi connectivity index (χ4n) is 1.90. The zero-order chi connectivity index (χ0) is 15.2. The summed E-state index contributed by atoms with van der Waals surface area (Å²) in [4.78, 5) is 0.403. The fourth-order valence-corrected chi connectivity index (χ4v) is 7.84. The second-order valence-electron chi connectivity index (χ2n) is 5.29. The summed E-state index contributed by atoms with van der Waals surface area (Å²) in [6.45, 7) is 6.88. The predicted octanol–water partition coefficient (Wildman–Crippen LogP) is 4.48. The third-order valence-electron chi connectivity index (χ3n) is 4.00. The standard InChI is InChI=1S/C15H23IO2SSi/c1-4-20(3,5-2)15(16)12-9-13-19(17,18)14-10-7-6-8-11-14/h6-12,15H,4-5,13H2,1-3H3/b12-9+. The van der Waals surface area contributed by atoms with Crippen LogP contribution in [0.15, 0.2) is 47.4 Å². The first-order chi connectivity index (χ1) is 9.35. The van der Waals surface area contributed by atoms with Gasteiger partial charge in [0.1, 0.15) is 0 Å². The molecule has 5 heteroatoms. The number of sulfone groups is 1. The SMILES string of the molecule is CC[Si](C)(CC)C(I)/C=C/CS(=O)(=O)c1ccccc1. The quantitative estimate of drug-likeness (QED) is 0.281. The van der Waals surface area contributed by atoms with Crippen LogP contribution in [0.4, 0.5) is 0 Å². The molecule has 1 aromatic carbocycles. The molecular weight excluding hydrogens is 399 g/mol. The molecule has 1 aromatic rings. The van der Waals surface area contributed by atoms with Gasteiger partial charge in [-0.2, -0.15) is 0 Å². The maximum Gasteiger partial charge on any atom is 0.181 e. The van der Waals surface area contributed by atoms with E-state index in [1.807, 2.05) is 12.1 Å². The predicted molar refractivity (Wildman–Crippen MR) is 98.0 cm³/mol. The van der Waals surface area contributed by atoms with Crippen LogP contribution in [-0.2, 0) is 9.84 Å². The fraction of sp³-hybridized carbons (Fsp3) is 0.467. The Bertz CT molecular complexity index is 536. The van der Waals surface area contributed by atoms with Gasteiger partial charge < -0.3 is 0 Å². The number of rotatable bonds is 7. The highest BCUT2D eigenvalue weighted by atomic mass is 127. The van der Waals surface area contributed by atoms with Gasteiger partial charge in [-0.1, -0.05) is 85.4 Å². The van der Waals surface area contributed by atoms with E-state index in [2.05, 4.69) is 49.1 Å². The summed E-state index contributed by atoms with van der Waals surface area (Å²) in [7, 11) is -4.46. The molecule has 0 saturated carbocycles. The molecule has 0 aliphatic rings. The van der Waals surface area contributed by atoms with Crippen molar-refractivity contribution in [2.45, 2.75) is 40.9 Å². The van der Waals surface area contributed by atoms with E-state index in [0.29, 0.717) is 8.44 Å². The van der Waals surface area contributed by atoms with E-state index in [1.165, 1.54) is 12.1 Å². The van der Waals surface area contributed by atoms with Crippen molar-refractivity contribution in [1.82, 2.24) is 0 Å². The summed E-state index contributed by atoms with van der Waals surface area (Å²) in [5.41, 5.74) is 0. The Labute approximate surface area is 137 Å². The summed E-state index contributed by atoms with van der Waals surface area (Å²) in [5.74, 6) is 0.0917. The smallest absolute Gasteiger partial charge is 0.181 e. The van der Waals surface area contributed by atoms with Gasteiger partial charge in [0.05, 0.1) is 18.7 Å². The number of benzene rings is 1. The molecule has 20 heavy (non-hydrogen) atoms. The molecule has 0 aliphatic carbocycles. The highest BCUT2D eigenvalue weighted by molar-refractivity contribution is 14.1. The molecule has 0 N–H and O–H groups in total. The first-order valence-electron chi connectivity index (χ1n) is 6.94. The average Bonchev–Trinajstić information content (AvgIpc) is 2.47. The van der Waals surface area contributed by atoms with Crippen molar-refractivity contribution in [2.75, 3.05) is 5.75 Å². The van der Waals surface area contributed by atoms with Gasteiger partial charge in [0.15, 0.2) is 9.84 Å². The van der Waals surface area contributed by atoms with Crippen molar-refractivity contribution in [3.8, 4) is 0 Å². The van der Waals surface area contributed by atoms with Gasteiger partial charge in [0.25, 0.3) is 0 Å². The molecule has 0 aliphatic heterocycles. The van der Waals surface area contributed by atoms with Crippen LogP contribution in [0.1, 0.15) is 13.8 Å². The van der Waals surface area contributed by atoms with E-state index in [-0.39, 0.29) is 5.75 Å². The third kappa shape index (κ3) is 4.70. The lowest BCUT2D eigenvalue weighted by Crippen LogP contribution is -2.38. The Morgan fingerprint density at radius 3 is 2.25 bits per heavy atom. The van der Waals surface area contributed by atoms with Crippen LogP contribution in [0.25, 0.3) is 0 Å². The van der Waals surface area contributed by atoms with Gasteiger partial charge in [-0.05, 0) is 12.1 Å². The third-order valence-corrected chi connectivity index (χ3v) is 15.3. The second kappa shape index (κ2) is 7.75. The van der Waals surface area contributed by atoms with Gasteiger partial charge >= 0.3 is 0 Å². The monoisotopic (exact) mass is 422 g/mol. The molecule has 0 aromatic heterocycles. The number of alkyl halides is 1. The molecule has 1 unspecified atom stereocenters. The van der Waals surface area contributed by atoms with Crippen molar-refractivity contribution < 1.29 is 8.42 Å². The molecule has 0 heterocycles. The number of halogens is 1. The van der Waals surface area contributed by atoms with Gasteiger partial charge in [-0.25, -0.2) is 8.42 Å². The zero-order valence-electron chi connectivity index (χ0n) is 12.3. The lowest BCUT2D eigenvalue weighted by Gasteiger charge is -2.28. The Kier molecular flexibility index (Phi) is 6.94. The highest BCUT2D eigenvalue weighted by Gasteiger charge is 2.29. The van der Waals surface area contributed by atoms with Crippen LogP contribution in [0.5, 0.6) is 0 Å². The van der Waals surface area contributed by atoms with Crippen molar-refractivity contribution in [3.63, 3.8) is 0 Å². The first kappa shape index (κ1) is 17.9. The molecule has 0 amide bonds. The Hall–Kier alpha value is -0.143. The molecular formula is C15H23IO2SSi. The molecule has 0 bridgehead atoms. The van der Waals surface area contributed by atoms with E-state index in [9.17, 15) is 8.42 Å². The van der Waals surface area contributed by atoms with Crippen LogP contribution < -0.4 is 0 Å². The summed E-state index contributed by atoms with van der Waals surface area (Å²) >= 11 is 2.47. The summed E-state index contributed by atoms with van der Waals surface area (Å²) < 4.78 is 24.8. The van der Waals surface area contributed by atoms with Gasteiger partial charge in [0.2, 0.25) is 0 Å². The normalized spacial score (nSPS) is 14.6. The van der Waals surface area contributed by atoms with Gasteiger partial charge in [-0.3, -0.25) is 0 Å². The first-order valence-corrected chi connectivity index (χ1v) is 12.8. The maximum absolute atomic E-state index is 12.2. The minimum absolute atomic E-state index is 0.0917. The summed E-state index contributed by atoms with van der Waals surface area (Å²) in [6.07, 6.45) is 3.93. The second-order valence-corrected chi connectivity index (χ2v) is 15.2. The summed E-state index contributed by atoms with van der Waals surface area (Å²) in [6, 6.07) is 11.1. The zero-order valence-corrected chi connectivity index (χ0v) is 16.3. The molecule has 1 rings (SSSR count). The molecule has 0 radical (unpaired) electrons. The molecule has 1 atom stereocenters. The minimum Gasteiger partial charge on any atom is -0.223 e. The highest BCUT2D eigenvalue weighted by Crippen LogP contribution is 2.26. The largest absolute Gasteiger partial charge is 0.223 e. The van der Waals surface area contributed by atoms with Crippen LogP contribution in [-0.4, -0.2) is 25.8 Å². The Balaban J connectivity index is 2.74. The molecule has 0 fully saturated rings. The van der Waals surface area contributed by atoms with Crippen LogP contribution in [0, 0.1) is 0 Å². The maximum atomic E-state index is 12.2. The van der Waals surface area contributed by atoms with Crippen molar-refractivity contribution in [3.05, 3.63) is 42.5 Å². The number of allylic oxidation sites excluding steroid dienone is 1. The minimum atomic E-state index is -3.19. The molecule has 0 spiro atoms. The van der Waals surface area contributed by atoms with E-state index in [1.54, 1.807) is 24.3 Å². The van der Waals surface area contributed by atoms with E-state index >= 15 is 0 Å². The van der Waals surface area contributed by atoms with Gasteiger partial charge in [0, 0.05) is 3.55 Å². The van der Waals surface area contributed by atoms with Gasteiger partial charge in [-0.15, -0.1) is 0 Å². The van der Waals surface area contributed by atoms with Crippen LogP contribution >= 0.6 is 22.6 Å². The summed E-state index contributed by atoms with van der Waals surface area (Å²) in [5, 5.41) is 0. The molecule has 2 nitrogen and oxygen atoms in total. The lowest BCUT2D eigenvalue weighted by molar-refractivity contribution is 0.599. The average molecular weight is 422 g/mol. The lowest BCUT2D eigenvalue weighted by atomic mass is 10.4. The van der Waals surface area contributed by atoms with Crippen molar-refractivity contribution in [1.29, 1.82) is 0 Å². The topological polar surface area (TPSA) is 34.1 Å².